The van der Waals surface area contributed by atoms with Crippen LogP contribution in [0.4, 0.5) is 5.69 Å². The molecule has 1 aliphatic rings. The number of fused-ring (bicyclic) bond motifs is 1. The van der Waals surface area contributed by atoms with Gasteiger partial charge in [-0.15, -0.1) is 0 Å². The van der Waals surface area contributed by atoms with E-state index in [9.17, 15) is 9.59 Å². The first-order valence-corrected chi connectivity index (χ1v) is 3.43. The number of hydrogen-bond donors (Lipinski definition) is 1. The fourth-order valence-corrected chi connectivity index (χ4v) is 1.16. The molecule has 0 aromatic heterocycles. The SMILES string of the molecule is [B]c1ccc2c(c1)NC(=O)C2=O. The lowest BCUT2D eigenvalue weighted by atomic mass is 9.94. The molecule has 56 valence electrons. The maximum atomic E-state index is 11.1. The van der Waals surface area contributed by atoms with Crippen LogP contribution >= 0.6 is 0 Å². The van der Waals surface area contributed by atoms with Crippen LogP contribution in [0.2, 0.25) is 0 Å². The van der Waals surface area contributed by atoms with Gasteiger partial charge in [-0.3, -0.25) is 9.59 Å². The first kappa shape index (κ1) is 7.09. The van der Waals surface area contributed by atoms with Crippen LogP contribution in [0.3, 0.4) is 0 Å². The Hall–Kier alpha value is -1.58. The summed E-state index contributed by atoms with van der Waals surface area (Å²) in [5.74, 6) is -1.08. The quantitative estimate of drug-likeness (QED) is 0.412. The van der Waals surface area contributed by atoms with Gasteiger partial charge in [-0.2, -0.15) is 0 Å². The van der Waals surface area contributed by atoms with E-state index in [2.05, 4.69) is 5.32 Å². The number of ketones is 1. The van der Waals surface area contributed by atoms with E-state index >= 15 is 0 Å². The molecule has 0 saturated carbocycles. The predicted molar refractivity (Wildman–Crippen MR) is 44.8 cm³/mol. The summed E-state index contributed by atoms with van der Waals surface area (Å²) in [6.07, 6.45) is 0. The van der Waals surface area contributed by atoms with E-state index < -0.39 is 11.7 Å². The van der Waals surface area contributed by atoms with Crippen LogP contribution < -0.4 is 10.8 Å². The molecule has 1 amide bonds. The lowest BCUT2D eigenvalue weighted by Crippen LogP contribution is -2.12. The van der Waals surface area contributed by atoms with E-state index in [0.717, 1.165) is 0 Å². The average Bonchev–Trinajstić information content (AvgIpc) is 2.28. The van der Waals surface area contributed by atoms with E-state index in [0.29, 0.717) is 16.7 Å². The molecule has 2 radical (unpaired) electrons. The van der Waals surface area contributed by atoms with E-state index in [4.69, 9.17) is 7.85 Å². The maximum absolute atomic E-state index is 11.1. The molecule has 0 bridgehead atoms. The zero-order valence-corrected chi connectivity index (χ0v) is 6.13. The lowest BCUT2D eigenvalue weighted by Gasteiger charge is -1.96. The number of Topliss-reactive ketones (excluding diaryl/α,β-unsaturated/α-hetero) is 1. The van der Waals surface area contributed by atoms with Crippen molar-refractivity contribution in [1.29, 1.82) is 0 Å². The molecule has 1 heterocycles. The Labute approximate surface area is 70.2 Å². The Balaban J connectivity index is 2.62. The lowest BCUT2D eigenvalue weighted by molar-refractivity contribution is -0.112. The molecule has 1 N–H and O–H groups in total. The summed E-state index contributed by atoms with van der Waals surface area (Å²) >= 11 is 0. The number of amides is 1. The van der Waals surface area contributed by atoms with Crippen molar-refractivity contribution < 1.29 is 9.59 Å². The van der Waals surface area contributed by atoms with Gasteiger partial charge in [0.05, 0.1) is 11.3 Å². The summed E-state index contributed by atoms with van der Waals surface area (Å²) in [5, 5.41) is 2.42. The van der Waals surface area contributed by atoms with Gasteiger partial charge in [0.1, 0.15) is 7.85 Å². The molecule has 1 aromatic carbocycles. The van der Waals surface area contributed by atoms with Crippen molar-refractivity contribution >= 4 is 30.7 Å². The van der Waals surface area contributed by atoms with E-state index in [1.165, 1.54) is 0 Å². The summed E-state index contributed by atoms with van der Waals surface area (Å²) in [5.41, 5.74) is 1.43. The summed E-state index contributed by atoms with van der Waals surface area (Å²) in [7, 11) is 5.46. The molecule has 1 aromatic rings. The molecule has 0 fully saturated rings. The van der Waals surface area contributed by atoms with Gasteiger partial charge < -0.3 is 5.32 Å². The smallest absolute Gasteiger partial charge is 0.296 e. The molecule has 0 atom stereocenters. The summed E-state index contributed by atoms with van der Waals surface area (Å²) in [4.78, 5) is 21.9. The van der Waals surface area contributed by atoms with Gasteiger partial charge >= 0.3 is 0 Å². The molecule has 2 rings (SSSR count). The van der Waals surface area contributed by atoms with E-state index in [1.807, 2.05) is 0 Å². The fourth-order valence-electron chi connectivity index (χ4n) is 1.16. The van der Waals surface area contributed by atoms with Crippen molar-refractivity contribution in [1.82, 2.24) is 0 Å². The highest BCUT2D eigenvalue weighted by Gasteiger charge is 2.27. The summed E-state index contributed by atoms with van der Waals surface area (Å²) in [6, 6.07) is 4.71. The third kappa shape index (κ3) is 0.846. The second-order valence-corrected chi connectivity index (χ2v) is 2.59. The second kappa shape index (κ2) is 2.20. The van der Waals surface area contributed by atoms with Crippen molar-refractivity contribution in [3.63, 3.8) is 0 Å². The predicted octanol–water partition coefficient (Wildman–Crippen LogP) is -0.385. The first-order valence-electron chi connectivity index (χ1n) is 3.43. The highest BCUT2D eigenvalue weighted by molar-refractivity contribution is 6.52. The van der Waals surface area contributed by atoms with Gasteiger partial charge in [0.15, 0.2) is 0 Å². The topological polar surface area (TPSA) is 46.2 Å². The molecule has 12 heavy (non-hydrogen) atoms. The third-order valence-corrected chi connectivity index (χ3v) is 1.74. The Kier molecular flexibility index (Phi) is 1.30. The van der Waals surface area contributed by atoms with Crippen LogP contribution in [-0.4, -0.2) is 19.5 Å². The van der Waals surface area contributed by atoms with Crippen LogP contribution in [0.25, 0.3) is 0 Å². The molecular weight excluding hydrogens is 153 g/mol. The van der Waals surface area contributed by atoms with Crippen molar-refractivity contribution in [3.05, 3.63) is 23.8 Å². The second-order valence-electron chi connectivity index (χ2n) is 2.59. The Bertz CT molecular complexity index is 387. The zero-order chi connectivity index (χ0) is 8.72. The van der Waals surface area contributed by atoms with Gasteiger partial charge in [-0.25, -0.2) is 0 Å². The van der Waals surface area contributed by atoms with Gasteiger partial charge in [0, 0.05) is 0 Å². The minimum atomic E-state index is -0.587. The van der Waals surface area contributed by atoms with Gasteiger partial charge in [0.25, 0.3) is 11.7 Å². The molecule has 3 nitrogen and oxygen atoms in total. The molecule has 0 spiro atoms. The van der Waals surface area contributed by atoms with Crippen LogP contribution in [-0.2, 0) is 4.79 Å². The van der Waals surface area contributed by atoms with Crippen molar-refractivity contribution in [2.24, 2.45) is 0 Å². The number of hydrogen-bond acceptors (Lipinski definition) is 2. The highest BCUT2D eigenvalue weighted by Crippen LogP contribution is 2.20. The number of carbonyl (C=O) groups excluding carboxylic acids is 2. The largest absolute Gasteiger partial charge is 0.318 e. The Morgan fingerprint density at radius 2 is 2.00 bits per heavy atom. The number of benzene rings is 1. The minimum Gasteiger partial charge on any atom is -0.318 e. The Morgan fingerprint density at radius 1 is 1.25 bits per heavy atom. The van der Waals surface area contributed by atoms with Crippen molar-refractivity contribution in [2.75, 3.05) is 5.32 Å². The van der Waals surface area contributed by atoms with Gasteiger partial charge in [-0.05, 0) is 12.1 Å². The first-order chi connectivity index (χ1) is 5.68. The molecular formula is C8H4BNO2. The number of nitrogens with one attached hydrogen (secondary N) is 1. The molecule has 0 unspecified atom stereocenters. The maximum Gasteiger partial charge on any atom is 0.296 e. The van der Waals surface area contributed by atoms with Crippen LogP contribution in [0, 0.1) is 0 Å². The molecule has 0 saturated heterocycles. The monoisotopic (exact) mass is 157 g/mol. The number of rotatable bonds is 0. The van der Waals surface area contributed by atoms with Gasteiger partial charge in [-0.1, -0.05) is 11.5 Å². The molecule has 4 heteroatoms. The number of anilines is 1. The number of carbonyl (C=O) groups is 2. The van der Waals surface area contributed by atoms with E-state index in [-0.39, 0.29) is 0 Å². The van der Waals surface area contributed by atoms with Crippen LogP contribution in [0.5, 0.6) is 0 Å². The fraction of sp³-hybridized carbons (Fsp3) is 0. The van der Waals surface area contributed by atoms with E-state index in [1.54, 1.807) is 18.2 Å². The summed E-state index contributed by atoms with van der Waals surface area (Å²) < 4.78 is 0. The van der Waals surface area contributed by atoms with Gasteiger partial charge in [0.2, 0.25) is 0 Å². The highest BCUT2D eigenvalue weighted by atomic mass is 16.2. The standard InChI is InChI=1S/C8H4BNO2/c9-4-1-2-5-6(3-4)10-8(12)7(5)11/h1-3H,(H,10,11,12). The van der Waals surface area contributed by atoms with Crippen LogP contribution in [0.15, 0.2) is 18.2 Å². The average molecular weight is 157 g/mol. The van der Waals surface area contributed by atoms with Crippen molar-refractivity contribution in [3.8, 4) is 0 Å². The normalized spacial score (nSPS) is 14.3. The molecule has 1 aliphatic heterocycles. The summed E-state index contributed by atoms with van der Waals surface area (Å²) in [6.45, 7) is 0. The Morgan fingerprint density at radius 3 is 2.75 bits per heavy atom. The van der Waals surface area contributed by atoms with Crippen molar-refractivity contribution in [2.45, 2.75) is 0 Å². The molecule has 0 aliphatic carbocycles. The van der Waals surface area contributed by atoms with Crippen LogP contribution in [0.1, 0.15) is 10.4 Å². The zero-order valence-electron chi connectivity index (χ0n) is 6.13. The minimum absolute atomic E-state index is 0.397. The third-order valence-electron chi connectivity index (χ3n) is 1.74.